The van der Waals surface area contributed by atoms with Crippen molar-refractivity contribution in [2.24, 2.45) is 5.92 Å². The summed E-state index contributed by atoms with van der Waals surface area (Å²) in [5, 5.41) is 20.0. The number of para-hydroxylation sites is 1. The molecule has 0 saturated heterocycles. The number of fused-ring (bicyclic) bond motifs is 1. The molecule has 4 atom stereocenters. The second-order valence-electron chi connectivity index (χ2n) is 7.49. The molecule has 1 aliphatic carbocycles. The van der Waals surface area contributed by atoms with Crippen LogP contribution in [0.2, 0.25) is 0 Å². The van der Waals surface area contributed by atoms with Gasteiger partial charge in [0.05, 0.1) is 6.10 Å². The minimum absolute atomic E-state index is 0.140. The van der Waals surface area contributed by atoms with Crippen LogP contribution < -0.4 is 4.74 Å². The van der Waals surface area contributed by atoms with Crippen LogP contribution in [0.25, 0.3) is 0 Å². The third-order valence-electron chi connectivity index (χ3n) is 5.86. The first-order valence-corrected chi connectivity index (χ1v) is 9.42. The van der Waals surface area contributed by atoms with Crippen molar-refractivity contribution in [3.63, 3.8) is 0 Å². The zero-order valence-corrected chi connectivity index (χ0v) is 14.5. The summed E-state index contributed by atoms with van der Waals surface area (Å²) in [6, 6.07) is 15.9. The van der Waals surface area contributed by atoms with Gasteiger partial charge < -0.3 is 14.9 Å². The largest absolute Gasteiger partial charge is 0.508 e. The first-order chi connectivity index (χ1) is 12.2. The third kappa shape index (κ3) is 3.52. The average molecular weight is 338 g/mol. The molecular formula is C22H26O3. The van der Waals surface area contributed by atoms with Crippen molar-refractivity contribution in [2.75, 3.05) is 0 Å². The summed E-state index contributed by atoms with van der Waals surface area (Å²) >= 11 is 0. The van der Waals surface area contributed by atoms with E-state index in [4.69, 9.17) is 4.74 Å². The Labute approximate surface area is 149 Å². The van der Waals surface area contributed by atoms with Gasteiger partial charge in [-0.05, 0) is 67.3 Å². The van der Waals surface area contributed by atoms with E-state index in [-0.39, 0.29) is 12.2 Å². The molecule has 2 aliphatic rings. The monoisotopic (exact) mass is 338 g/mol. The summed E-state index contributed by atoms with van der Waals surface area (Å²) in [6.45, 7) is 0. The molecule has 3 heteroatoms. The molecule has 2 aromatic rings. The predicted octanol–water partition coefficient (Wildman–Crippen LogP) is 4.42. The molecule has 4 rings (SSSR count). The van der Waals surface area contributed by atoms with E-state index in [1.807, 2.05) is 18.2 Å². The Balaban J connectivity index is 1.62. The van der Waals surface area contributed by atoms with Gasteiger partial charge in [-0.25, -0.2) is 0 Å². The molecule has 132 valence electrons. The summed E-state index contributed by atoms with van der Waals surface area (Å²) in [4.78, 5) is 0. The lowest BCUT2D eigenvalue weighted by Gasteiger charge is -2.36. The van der Waals surface area contributed by atoms with E-state index in [1.54, 1.807) is 12.1 Å². The molecular weight excluding hydrogens is 312 g/mol. The SMILES string of the molecule is Oc1ccc(C2CCCC(O)CC2[C@@H]2CCc3ccccc3O2)cc1. The number of rotatable bonds is 2. The fraction of sp³-hybridized carbons (Fsp3) is 0.455. The summed E-state index contributed by atoms with van der Waals surface area (Å²) in [5.74, 6) is 1.97. The van der Waals surface area contributed by atoms with Crippen LogP contribution in [-0.2, 0) is 6.42 Å². The van der Waals surface area contributed by atoms with E-state index in [1.165, 1.54) is 11.1 Å². The standard InChI is InChI=1S/C22H26O3/c23-17-11-8-15(9-12-17)19-6-3-5-18(24)14-20(19)22-13-10-16-4-1-2-7-21(16)25-22/h1-2,4,7-9,11-12,18-20,22-24H,3,5-6,10,13-14H2/t18?,19?,20?,22-/m0/s1. The molecule has 2 aromatic carbocycles. The number of aryl methyl sites for hydroxylation is 1. The Hall–Kier alpha value is -2.00. The lowest BCUT2D eigenvalue weighted by atomic mass is 9.77. The number of ether oxygens (including phenoxy) is 1. The van der Waals surface area contributed by atoms with Crippen LogP contribution in [0.1, 0.15) is 49.1 Å². The highest BCUT2D eigenvalue weighted by molar-refractivity contribution is 5.36. The van der Waals surface area contributed by atoms with Gasteiger partial charge in [0, 0.05) is 5.92 Å². The molecule has 0 aromatic heterocycles. The molecule has 3 nitrogen and oxygen atoms in total. The maximum Gasteiger partial charge on any atom is 0.122 e. The minimum atomic E-state index is -0.243. The predicted molar refractivity (Wildman–Crippen MR) is 98.0 cm³/mol. The average Bonchev–Trinajstić information content (AvgIpc) is 2.83. The minimum Gasteiger partial charge on any atom is -0.508 e. The smallest absolute Gasteiger partial charge is 0.122 e. The topological polar surface area (TPSA) is 49.7 Å². The van der Waals surface area contributed by atoms with Crippen molar-refractivity contribution in [1.82, 2.24) is 0 Å². The fourth-order valence-corrected chi connectivity index (χ4v) is 4.58. The van der Waals surface area contributed by atoms with Gasteiger partial charge in [0.15, 0.2) is 0 Å². The number of aliphatic hydroxyl groups is 1. The Kier molecular flexibility index (Phi) is 4.67. The van der Waals surface area contributed by atoms with Crippen LogP contribution in [0.5, 0.6) is 11.5 Å². The third-order valence-corrected chi connectivity index (χ3v) is 5.86. The van der Waals surface area contributed by atoms with Crippen molar-refractivity contribution < 1.29 is 14.9 Å². The highest BCUT2D eigenvalue weighted by Gasteiger charge is 2.37. The van der Waals surface area contributed by atoms with Gasteiger partial charge in [-0.2, -0.15) is 0 Å². The fourth-order valence-electron chi connectivity index (χ4n) is 4.58. The van der Waals surface area contributed by atoms with E-state index in [0.29, 0.717) is 17.6 Å². The molecule has 0 bridgehead atoms. The maximum absolute atomic E-state index is 10.4. The molecule has 1 fully saturated rings. The number of aliphatic hydroxyl groups excluding tert-OH is 1. The number of hydrogen-bond donors (Lipinski definition) is 2. The molecule has 1 heterocycles. The number of hydrogen-bond acceptors (Lipinski definition) is 3. The molecule has 0 amide bonds. The summed E-state index contributed by atoms with van der Waals surface area (Å²) in [7, 11) is 0. The molecule has 1 saturated carbocycles. The van der Waals surface area contributed by atoms with Gasteiger partial charge in [-0.1, -0.05) is 36.8 Å². The highest BCUT2D eigenvalue weighted by atomic mass is 16.5. The molecule has 0 radical (unpaired) electrons. The van der Waals surface area contributed by atoms with E-state index in [9.17, 15) is 10.2 Å². The molecule has 1 aliphatic heterocycles. The molecule has 2 N–H and O–H groups in total. The van der Waals surface area contributed by atoms with Crippen LogP contribution >= 0.6 is 0 Å². The van der Waals surface area contributed by atoms with E-state index in [0.717, 1.165) is 44.3 Å². The van der Waals surface area contributed by atoms with Crippen LogP contribution in [0.3, 0.4) is 0 Å². The number of phenols is 1. The Bertz CT molecular complexity index is 709. The lowest BCUT2D eigenvalue weighted by molar-refractivity contribution is 0.0581. The Morgan fingerprint density at radius 2 is 1.72 bits per heavy atom. The summed E-state index contributed by atoms with van der Waals surface area (Å²) in [6.07, 6.45) is 5.70. The first kappa shape index (κ1) is 16.5. The maximum atomic E-state index is 10.4. The van der Waals surface area contributed by atoms with Crippen LogP contribution in [0, 0.1) is 5.92 Å². The Morgan fingerprint density at radius 1 is 0.920 bits per heavy atom. The lowest BCUT2D eigenvalue weighted by Crippen LogP contribution is -2.35. The number of phenolic OH excluding ortho intramolecular Hbond substituents is 1. The van der Waals surface area contributed by atoms with Gasteiger partial charge in [0.2, 0.25) is 0 Å². The zero-order valence-electron chi connectivity index (χ0n) is 14.5. The zero-order chi connectivity index (χ0) is 17.2. The van der Waals surface area contributed by atoms with Gasteiger partial charge >= 0.3 is 0 Å². The number of benzene rings is 2. The van der Waals surface area contributed by atoms with E-state index >= 15 is 0 Å². The van der Waals surface area contributed by atoms with Crippen molar-refractivity contribution >= 4 is 0 Å². The van der Waals surface area contributed by atoms with Gasteiger partial charge in [-0.3, -0.25) is 0 Å². The van der Waals surface area contributed by atoms with Crippen LogP contribution in [-0.4, -0.2) is 22.4 Å². The second-order valence-corrected chi connectivity index (χ2v) is 7.49. The molecule has 25 heavy (non-hydrogen) atoms. The van der Waals surface area contributed by atoms with Crippen molar-refractivity contribution in [1.29, 1.82) is 0 Å². The summed E-state index contributed by atoms with van der Waals surface area (Å²) < 4.78 is 6.39. The Morgan fingerprint density at radius 3 is 2.56 bits per heavy atom. The quantitative estimate of drug-likeness (QED) is 0.797. The van der Waals surface area contributed by atoms with Crippen molar-refractivity contribution in [3.05, 3.63) is 59.7 Å². The normalized spacial score (nSPS) is 29.3. The van der Waals surface area contributed by atoms with Gasteiger partial charge in [0.25, 0.3) is 0 Å². The highest BCUT2D eigenvalue weighted by Crippen LogP contribution is 2.43. The van der Waals surface area contributed by atoms with Gasteiger partial charge in [-0.15, -0.1) is 0 Å². The second kappa shape index (κ2) is 7.09. The van der Waals surface area contributed by atoms with Gasteiger partial charge in [0.1, 0.15) is 17.6 Å². The first-order valence-electron chi connectivity index (χ1n) is 9.42. The molecule has 3 unspecified atom stereocenters. The van der Waals surface area contributed by atoms with E-state index < -0.39 is 0 Å². The van der Waals surface area contributed by atoms with Crippen molar-refractivity contribution in [3.8, 4) is 11.5 Å². The van der Waals surface area contributed by atoms with Crippen LogP contribution in [0.15, 0.2) is 48.5 Å². The number of aromatic hydroxyl groups is 1. The van der Waals surface area contributed by atoms with Crippen molar-refractivity contribution in [2.45, 2.75) is 56.7 Å². The van der Waals surface area contributed by atoms with Crippen LogP contribution in [0.4, 0.5) is 0 Å². The molecule has 0 spiro atoms. The van der Waals surface area contributed by atoms with E-state index in [2.05, 4.69) is 18.2 Å². The summed E-state index contributed by atoms with van der Waals surface area (Å²) in [5.41, 5.74) is 2.54.